The summed E-state index contributed by atoms with van der Waals surface area (Å²) in [6.45, 7) is 3.90. The number of halogens is 3. The Balaban J connectivity index is 0.00000144. The van der Waals surface area contributed by atoms with E-state index in [9.17, 15) is 9.50 Å². The number of piperazine rings is 1. The molecule has 3 N–H and O–H groups in total. The fourth-order valence-electron chi connectivity index (χ4n) is 4.33. The number of H-pyrrole nitrogens is 1. The Bertz CT molecular complexity index is 1040. The van der Waals surface area contributed by atoms with Crippen molar-refractivity contribution in [1.82, 2.24) is 30.7 Å². The first-order chi connectivity index (χ1) is 14.6. The molecule has 0 radical (unpaired) electrons. The molecule has 2 aliphatic rings. The second-order valence-electron chi connectivity index (χ2n) is 8.24. The van der Waals surface area contributed by atoms with E-state index in [0.29, 0.717) is 40.4 Å². The molecular weight excluding hydrogens is 456 g/mol. The minimum Gasteiger partial charge on any atom is -0.507 e. The summed E-state index contributed by atoms with van der Waals surface area (Å²) in [7, 11) is 0. The molecule has 0 amide bonds. The zero-order chi connectivity index (χ0) is 20.7. The van der Waals surface area contributed by atoms with Gasteiger partial charge in [-0.05, 0) is 43.4 Å². The molecule has 1 aliphatic carbocycles. The van der Waals surface area contributed by atoms with E-state index in [2.05, 4.69) is 42.5 Å². The van der Waals surface area contributed by atoms with E-state index in [1.807, 2.05) is 0 Å². The lowest BCUT2D eigenvalue weighted by Gasteiger charge is -2.43. The first-order valence-corrected chi connectivity index (χ1v) is 10.3. The summed E-state index contributed by atoms with van der Waals surface area (Å²) >= 11 is 0. The lowest BCUT2D eigenvalue weighted by Crippen LogP contribution is -2.59. The summed E-state index contributed by atoms with van der Waals surface area (Å²) in [6, 6.07) is 5.71. The first-order valence-electron chi connectivity index (χ1n) is 10.3. The average Bonchev–Trinajstić information content (AvgIpc) is 3.12. The summed E-state index contributed by atoms with van der Waals surface area (Å²) < 4.78 is 13.7. The minimum atomic E-state index is -0.613. The number of nitrogens with one attached hydrogen (secondary N) is 2. The van der Waals surface area contributed by atoms with Crippen LogP contribution in [0.3, 0.4) is 0 Å². The molecular formula is C21H26Cl2FN7O. The molecule has 8 nitrogen and oxygen atoms in total. The van der Waals surface area contributed by atoms with E-state index in [0.717, 1.165) is 19.0 Å². The third-order valence-electron chi connectivity index (χ3n) is 6.14. The summed E-state index contributed by atoms with van der Waals surface area (Å²) in [4.78, 5) is 6.70. The number of benzene rings is 1. The van der Waals surface area contributed by atoms with Crippen molar-refractivity contribution in [3.63, 3.8) is 0 Å². The molecule has 1 saturated carbocycles. The summed E-state index contributed by atoms with van der Waals surface area (Å²) in [5.41, 5.74) is 1.78. The zero-order valence-electron chi connectivity index (χ0n) is 17.5. The lowest BCUT2D eigenvalue weighted by molar-refractivity contribution is 0.202. The van der Waals surface area contributed by atoms with Crippen LogP contribution in [0.15, 0.2) is 30.6 Å². The van der Waals surface area contributed by atoms with E-state index >= 15 is 0 Å². The highest BCUT2D eigenvalue weighted by atomic mass is 35.5. The Labute approximate surface area is 197 Å². The van der Waals surface area contributed by atoms with Crippen LogP contribution >= 0.6 is 24.8 Å². The van der Waals surface area contributed by atoms with Gasteiger partial charge in [-0.2, -0.15) is 4.39 Å². The average molecular weight is 482 g/mol. The van der Waals surface area contributed by atoms with Gasteiger partial charge in [0, 0.05) is 36.9 Å². The highest BCUT2D eigenvalue weighted by Crippen LogP contribution is 2.34. The van der Waals surface area contributed by atoms with Crippen LogP contribution in [0.1, 0.15) is 26.2 Å². The number of nitrogens with zero attached hydrogens (tertiary/aromatic N) is 5. The standard InChI is InChI=1S/C21H24FN7O.2ClH/c1-12-10-29(11-18(25-12)13-3-2-4-13)21-23-9-17(26-28-21)15-6-5-14(7-19(15)30)16-8-24-27-20(16)22;;/h5-9,12-13,18,25,30H,2-4,10-11H2,1H3,(H,24,27);2*1H/t12-,18-;;/m1../s1. The van der Waals surface area contributed by atoms with Crippen molar-refractivity contribution < 1.29 is 9.50 Å². The predicted molar refractivity (Wildman–Crippen MR) is 125 cm³/mol. The van der Waals surface area contributed by atoms with E-state index in [-0.39, 0.29) is 30.6 Å². The zero-order valence-corrected chi connectivity index (χ0v) is 19.2. The van der Waals surface area contributed by atoms with Crippen molar-refractivity contribution in [3.05, 3.63) is 36.5 Å². The molecule has 2 atom stereocenters. The SMILES string of the molecule is C[C@@H]1CN(c2ncc(-c3ccc(-c4c[nH]nc4F)cc3O)nn2)C[C@H](C2CCC2)N1.Cl.Cl. The second kappa shape index (κ2) is 9.97. The Hall–Kier alpha value is -2.49. The van der Waals surface area contributed by atoms with Gasteiger partial charge in [0.15, 0.2) is 0 Å². The summed E-state index contributed by atoms with van der Waals surface area (Å²) in [5.74, 6) is 0.710. The third kappa shape index (κ3) is 4.65. The van der Waals surface area contributed by atoms with Gasteiger partial charge in [-0.15, -0.1) is 40.1 Å². The monoisotopic (exact) mass is 481 g/mol. The number of aromatic nitrogens is 5. The van der Waals surface area contributed by atoms with E-state index in [1.54, 1.807) is 18.3 Å². The molecule has 1 aliphatic heterocycles. The molecule has 11 heteroatoms. The van der Waals surface area contributed by atoms with Crippen LogP contribution in [0.25, 0.3) is 22.4 Å². The molecule has 0 spiro atoms. The van der Waals surface area contributed by atoms with Crippen molar-refractivity contribution in [2.24, 2.45) is 5.92 Å². The van der Waals surface area contributed by atoms with Crippen molar-refractivity contribution in [3.8, 4) is 28.1 Å². The molecule has 1 aromatic carbocycles. The first kappa shape index (κ1) is 24.2. The summed E-state index contributed by atoms with van der Waals surface area (Å²) in [6.07, 6.45) is 6.97. The fourth-order valence-corrected chi connectivity index (χ4v) is 4.33. The van der Waals surface area contributed by atoms with Gasteiger partial charge in [-0.1, -0.05) is 12.5 Å². The molecule has 5 rings (SSSR count). The summed E-state index contributed by atoms with van der Waals surface area (Å²) in [5, 5.41) is 28.7. The molecule has 32 heavy (non-hydrogen) atoms. The Morgan fingerprint density at radius 3 is 2.53 bits per heavy atom. The number of aromatic amines is 1. The van der Waals surface area contributed by atoms with Crippen LogP contribution < -0.4 is 10.2 Å². The maximum Gasteiger partial charge on any atom is 0.245 e. The third-order valence-corrected chi connectivity index (χ3v) is 6.14. The Kier molecular flexibility index (Phi) is 7.53. The van der Waals surface area contributed by atoms with Gasteiger partial charge in [0.1, 0.15) is 11.4 Å². The quantitative estimate of drug-likeness (QED) is 0.523. The molecule has 0 bridgehead atoms. The predicted octanol–water partition coefficient (Wildman–Crippen LogP) is 3.58. The second-order valence-corrected chi connectivity index (χ2v) is 8.24. The minimum absolute atomic E-state index is 0. The van der Waals surface area contributed by atoms with Crippen LogP contribution in [0.5, 0.6) is 5.75 Å². The van der Waals surface area contributed by atoms with Gasteiger partial charge in [-0.3, -0.25) is 5.10 Å². The fraction of sp³-hybridized carbons (Fsp3) is 0.429. The smallest absolute Gasteiger partial charge is 0.245 e. The van der Waals surface area contributed by atoms with Crippen LogP contribution in [0, 0.1) is 11.9 Å². The number of phenols is 1. The van der Waals surface area contributed by atoms with Crippen molar-refractivity contribution in [1.29, 1.82) is 0 Å². The number of anilines is 1. The lowest BCUT2D eigenvalue weighted by atomic mass is 9.78. The maximum absolute atomic E-state index is 13.7. The van der Waals surface area contributed by atoms with Gasteiger partial charge >= 0.3 is 0 Å². The van der Waals surface area contributed by atoms with Gasteiger partial charge in [-0.25, -0.2) is 4.98 Å². The molecule has 172 valence electrons. The van der Waals surface area contributed by atoms with Crippen molar-refractivity contribution >= 4 is 30.8 Å². The van der Waals surface area contributed by atoms with Crippen LogP contribution in [0.2, 0.25) is 0 Å². The number of phenolic OH excluding ortho intramolecular Hbond substituents is 1. The maximum atomic E-state index is 13.7. The number of hydrogen-bond donors (Lipinski definition) is 3. The van der Waals surface area contributed by atoms with Gasteiger partial charge in [0.25, 0.3) is 0 Å². The molecule has 3 heterocycles. The van der Waals surface area contributed by atoms with E-state index in [4.69, 9.17) is 0 Å². The normalized spacial score (nSPS) is 20.8. The molecule has 2 aromatic heterocycles. The number of aromatic hydroxyl groups is 1. The topological polar surface area (TPSA) is 103 Å². The Morgan fingerprint density at radius 1 is 1.12 bits per heavy atom. The molecule has 0 unspecified atom stereocenters. The molecule has 1 saturated heterocycles. The van der Waals surface area contributed by atoms with E-state index < -0.39 is 5.95 Å². The van der Waals surface area contributed by atoms with Crippen LogP contribution in [-0.2, 0) is 0 Å². The van der Waals surface area contributed by atoms with Crippen LogP contribution in [-0.4, -0.2) is 55.7 Å². The van der Waals surface area contributed by atoms with Crippen molar-refractivity contribution in [2.45, 2.75) is 38.3 Å². The highest BCUT2D eigenvalue weighted by Gasteiger charge is 2.34. The Morgan fingerprint density at radius 2 is 1.94 bits per heavy atom. The number of rotatable bonds is 4. The van der Waals surface area contributed by atoms with Crippen molar-refractivity contribution in [2.75, 3.05) is 18.0 Å². The largest absolute Gasteiger partial charge is 0.507 e. The van der Waals surface area contributed by atoms with Crippen LogP contribution in [0.4, 0.5) is 10.3 Å². The molecule has 3 aromatic rings. The van der Waals surface area contributed by atoms with Gasteiger partial charge in [0.05, 0.1) is 11.8 Å². The van der Waals surface area contributed by atoms with Gasteiger partial charge in [0.2, 0.25) is 11.9 Å². The van der Waals surface area contributed by atoms with Gasteiger partial charge < -0.3 is 15.3 Å². The number of hydrogen-bond acceptors (Lipinski definition) is 7. The van der Waals surface area contributed by atoms with E-state index in [1.165, 1.54) is 31.5 Å². The molecule has 2 fully saturated rings. The highest BCUT2D eigenvalue weighted by molar-refractivity contribution is 5.85.